The van der Waals surface area contributed by atoms with Crippen molar-refractivity contribution < 1.29 is 5.11 Å². The van der Waals surface area contributed by atoms with Crippen molar-refractivity contribution in [3.63, 3.8) is 0 Å². The summed E-state index contributed by atoms with van der Waals surface area (Å²) in [6.07, 6.45) is 0.755. The summed E-state index contributed by atoms with van der Waals surface area (Å²) >= 11 is 4.19. The summed E-state index contributed by atoms with van der Waals surface area (Å²) in [5.41, 5.74) is 9.97. The van der Waals surface area contributed by atoms with E-state index in [1.165, 1.54) is 0 Å². The molecule has 0 fully saturated rings. The molecule has 1 atom stereocenters. The highest BCUT2D eigenvalue weighted by atomic mass is 32.1. The summed E-state index contributed by atoms with van der Waals surface area (Å²) in [6.45, 7) is 12.5. The smallest absolute Gasteiger partial charge is 0.179 e. The lowest BCUT2D eigenvalue weighted by Crippen LogP contribution is -2.33. The fourth-order valence-electron chi connectivity index (χ4n) is 3.42. The van der Waals surface area contributed by atoms with Crippen LogP contribution in [-0.2, 0) is 6.42 Å². The average molecular weight is 454 g/mol. The van der Waals surface area contributed by atoms with Gasteiger partial charge in [-0.25, -0.2) is 4.99 Å². The molecule has 0 amide bonds. The number of hydrogen-bond acceptors (Lipinski definition) is 5. The number of aromatic hydroxyl groups is 1. The fraction of sp³-hybridized carbons (Fsp3) is 0.360. The van der Waals surface area contributed by atoms with Crippen LogP contribution in [0.15, 0.2) is 59.0 Å². The van der Waals surface area contributed by atoms with Gasteiger partial charge >= 0.3 is 0 Å². The molecule has 2 aromatic rings. The maximum absolute atomic E-state index is 11.0. The van der Waals surface area contributed by atoms with Crippen LogP contribution >= 0.6 is 12.8 Å². The van der Waals surface area contributed by atoms with E-state index in [0.717, 1.165) is 17.5 Å². The van der Waals surface area contributed by atoms with Gasteiger partial charge in [0.05, 0.1) is 6.04 Å². The number of amidine groups is 2. The van der Waals surface area contributed by atoms with Gasteiger partial charge in [0.1, 0.15) is 5.69 Å². The molecule has 2 rings (SSSR count). The molecule has 0 bridgehead atoms. The summed E-state index contributed by atoms with van der Waals surface area (Å²) in [4.78, 5) is 11.2. The predicted molar refractivity (Wildman–Crippen MR) is 140 cm³/mol. The number of thiol groups is 1. The quantitative estimate of drug-likeness (QED) is 0.279. The van der Waals surface area contributed by atoms with Crippen molar-refractivity contribution in [1.29, 1.82) is 0 Å². The molecule has 0 radical (unpaired) electrons. The van der Waals surface area contributed by atoms with Crippen molar-refractivity contribution in [2.75, 3.05) is 14.1 Å². The average Bonchev–Trinajstić information content (AvgIpc) is 2.75. The minimum atomic E-state index is -0.185. The summed E-state index contributed by atoms with van der Waals surface area (Å²) < 4.78 is 2.73. The number of rotatable bonds is 6. The van der Waals surface area contributed by atoms with Gasteiger partial charge in [0.15, 0.2) is 17.4 Å². The van der Waals surface area contributed by atoms with Crippen LogP contribution in [0.25, 0.3) is 5.70 Å². The Balaban J connectivity index is 2.57. The molecule has 0 aliphatic rings. The molecular weight excluding hydrogens is 418 g/mol. The van der Waals surface area contributed by atoms with Crippen LogP contribution < -0.4 is 10.5 Å². The van der Waals surface area contributed by atoms with Crippen molar-refractivity contribution in [3.8, 4) is 5.75 Å². The minimum absolute atomic E-state index is 0.0485. The number of benzene rings is 2. The molecule has 0 saturated heterocycles. The van der Waals surface area contributed by atoms with Crippen LogP contribution in [0.3, 0.4) is 0 Å². The number of aryl methyl sites for hydroxylation is 1. The summed E-state index contributed by atoms with van der Waals surface area (Å²) in [5, 5.41) is 11.0. The van der Waals surface area contributed by atoms with Gasteiger partial charge in [-0.15, -0.1) is 0 Å². The first-order chi connectivity index (χ1) is 15.0. The van der Waals surface area contributed by atoms with Gasteiger partial charge in [0.25, 0.3) is 0 Å². The van der Waals surface area contributed by atoms with E-state index in [4.69, 9.17) is 10.7 Å². The third-order valence-corrected chi connectivity index (χ3v) is 5.45. The maximum atomic E-state index is 11.0. The number of hydrogen-bond donors (Lipinski definition) is 4. The van der Waals surface area contributed by atoms with E-state index < -0.39 is 0 Å². The summed E-state index contributed by atoms with van der Waals surface area (Å²) in [5.74, 6) is 0.516. The third kappa shape index (κ3) is 5.85. The van der Waals surface area contributed by atoms with Crippen LogP contribution in [-0.4, -0.2) is 35.8 Å². The maximum Gasteiger partial charge on any atom is 0.179 e. The summed E-state index contributed by atoms with van der Waals surface area (Å²) in [6, 6.07) is 13.5. The first kappa shape index (κ1) is 25.3. The number of aliphatic imine (C=N–C) groups is 2. The van der Waals surface area contributed by atoms with Gasteiger partial charge in [-0.2, -0.15) is 0 Å². The molecule has 0 aromatic heterocycles. The van der Waals surface area contributed by atoms with Crippen LogP contribution in [0, 0.1) is 5.41 Å². The molecule has 0 saturated carbocycles. The van der Waals surface area contributed by atoms with Crippen LogP contribution in [0.2, 0.25) is 0 Å². The zero-order valence-corrected chi connectivity index (χ0v) is 20.7. The second kappa shape index (κ2) is 10.6. The third-order valence-electron chi connectivity index (χ3n) is 5.24. The van der Waals surface area contributed by atoms with Gasteiger partial charge < -0.3 is 20.5 Å². The number of phenols is 1. The Kier molecular flexibility index (Phi) is 8.38. The molecular formula is C25H35N5OS. The Labute approximate surface area is 197 Å². The number of nitrogens with zero attached hydrogens (tertiary/aromatic N) is 3. The number of nitrogens with two attached hydrogens (primary N) is 1. The number of nitrogens with one attached hydrogen (secondary N) is 1. The summed E-state index contributed by atoms with van der Waals surface area (Å²) in [7, 11) is 3.78. The Morgan fingerprint density at radius 1 is 1.19 bits per heavy atom. The first-order valence-corrected chi connectivity index (χ1v) is 11.0. The van der Waals surface area contributed by atoms with Crippen LogP contribution in [0.1, 0.15) is 50.4 Å². The molecule has 7 heteroatoms. The lowest BCUT2D eigenvalue weighted by molar-refractivity contribution is 0.329. The zero-order chi connectivity index (χ0) is 24.1. The Morgan fingerprint density at radius 2 is 1.81 bits per heavy atom. The van der Waals surface area contributed by atoms with E-state index in [-0.39, 0.29) is 28.9 Å². The molecule has 32 heavy (non-hydrogen) atoms. The van der Waals surface area contributed by atoms with Gasteiger partial charge in [-0.1, -0.05) is 83.5 Å². The van der Waals surface area contributed by atoms with E-state index in [2.05, 4.69) is 49.9 Å². The molecule has 172 valence electrons. The molecule has 2 aromatic carbocycles. The van der Waals surface area contributed by atoms with Gasteiger partial charge in [0, 0.05) is 25.4 Å². The van der Waals surface area contributed by atoms with E-state index in [0.29, 0.717) is 16.9 Å². The predicted octanol–water partition coefficient (Wildman–Crippen LogP) is 5.10. The monoisotopic (exact) mass is 453 g/mol. The minimum Gasteiger partial charge on any atom is -0.505 e. The van der Waals surface area contributed by atoms with Crippen LogP contribution in [0.5, 0.6) is 5.75 Å². The SMILES string of the molecule is C=C(c1c(CC)ccc(N=C(NS)C(N)=N[C@@H](c2ccccc2)C(C)(C)C)c1O)N(C)C. The molecule has 0 heterocycles. The van der Waals surface area contributed by atoms with Crippen molar-refractivity contribution in [1.82, 2.24) is 9.62 Å². The highest BCUT2D eigenvalue weighted by Gasteiger charge is 2.27. The first-order valence-electron chi connectivity index (χ1n) is 10.6. The van der Waals surface area contributed by atoms with Crippen molar-refractivity contribution in [3.05, 3.63) is 65.7 Å². The number of phenolic OH excluding ortho intramolecular Hbond substituents is 1. The zero-order valence-electron chi connectivity index (χ0n) is 19.8. The lowest BCUT2D eigenvalue weighted by Gasteiger charge is -2.28. The molecule has 0 aliphatic heterocycles. The normalized spacial score (nSPS) is 13.6. The van der Waals surface area contributed by atoms with E-state index in [1.54, 1.807) is 6.07 Å². The van der Waals surface area contributed by atoms with E-state index in [9.17, 15) is 5.11 Å². The van der Waals surface area contributed by atoms with Gasteiger partial charge in [-0.3, -0.25) is 4.99 Å². The highest BCUT2D eigenvalue weighted by Crippen LogP contribution is 2.38. The molecule has 0 aliphatic carbocycles. The van der Waals surface area contributed by atoms with E-state index in [1.807, 2.05) is 62.3 Å². The topological polar surface area (TPSA) is 86.2 Å². The van der Waals surface area contributed by atoms with Crippen molar-refractivity contribution in [2.45, 2.75) is 40.2 Å². The van der Waals surface area contributed by atoms with Gasteiger partial charge in [-0.05, 0) is 29.0 Å². The van der Waals surface area contributed by atoms with Crippen molar-refractivity contribution in [2.24, 2.45) is 21.1 Å². The Morgan fingerprint density at radius 3 is 2.31 bits per heavy atom. The van der Waals surface area contributed by atoms with Crippen LogP contribution in [0.4, 0.5) is 5.69 Å². The van der Waals surface area contributed by atoms with E-state index >= 15 is 0 Å². The molecule has 4 N–H and O–H groups in total. The molecule has 0 spiro atoms. The standard InChI is InChI=1S/C25H35N5OS/c1-8-17-14-15-19(21(31)20(17)16(2)30(6)7)27-24(29-32)23(26)28-22(25(3,4)5)18-12-10-9-11-13-18/h9-15,22,31-32H,2,8H2,1,3-7H3,(H2,26,28)(H,27,29)/t22-/m0/s1. The fourth-order valence-corrected chi connectivity index (χ4v) is 3.58. The lowest BCUT2D eigenvalue weighted by atomic mass is 9.83. The highest BCUT2D eigenvalue weighted by molar-refractivity contribution is 7.78. The largest absolute Gasteiger partial charge is 0.505 e. The Bertz CT molecular complexity index is 1010. The second-order valence-electron chi connectivity index (χ2n) is 8.93. The Hall–Kier alpha value is -2.93. The second-order valence-corrected chi connectivity index (χ2v) is 9.15. The van der Waals surface area contributed by atoms with Crippen molar-refractivity contribution >= 4 is 35.9 Å². The molecule has 6 nitrogen and oxygen atoms in total. The molecule has 0 unspecified atom stereocenters. The van der Waals surface area contributed by atoms with Gasteiger partial charge in [0.2, 0.25) is 0 Å².